The molecule has 2 rings (SSSR count). The van der Waals surface area contributed by atoms with Crippen molar-refractivity contribution in [1.29, 1.82) is 0 Å². The Kier molecular flexibility index (Phi) is 5.37. The van der Waals surface area contributed by atoms with Crippen molar-refractivity contribution in [3.05, 3.63) is 53.1 Å². The molecular weight excluding hydrogens is 264 g/mol. The van der Waals surface area contributed by atoms with Gasteiger partial charge in [-0.05, 0) is 25.5 Å². The van der Waals surface area contributed by atoms with Gasteiger partial charge in [-0.15, -0.1) is 0 Å². The molecule has 1 aromatic heterocycles. The Bertz CT molecular complexity index is 609. The lowest BCUT2D eigenvalue weighted by Crippen LogP contribution is -2.25. The van der Waals surface area contributed by atoms with Crippen LogP contribution in [0.25, 0.3) is 0 Å². The topological polar surface area (TPSA) is 50.2 Å². The van der Waals surface area contributed by atoms with Crippen molar-refractivity contribution < 1.29 is 0 Å². The van der Waals surface area contributed by atoms with Gasteiger partial charge in [0.2, 0.25) is 0 Å². The van der Waals surface area contributed by atoms with Crippen LogP contribution in [0.4, 0.5) is 11.5 Å². The van der Waals surface area contributed by atoms with Gasteiger partial charge in [0, 0.05) is 44.8 Å². The van der Waals surface area contributed by atoms with E-state index in [0.717, 1.165) is 19.5 Å². The van der Waals surface area contributed by atoms with Gasteiger partial charge in [0.15, 0.2) is 5.82 Å². The number of nitrogens with zero attached hydrogens (tertiary/aromatic N) is 3. The molecule has 0 fully saturated rings. The molecule has 0 saturated carbocycles. The van der Waals surface area contributed by atoms with E-state index in [9.17, 15) is 4.79 Å². The Morgan fingerprint density at radius 1 is 1.29 bits per heavy atom. The predicted molar refractivity (Wildman–Crippen MR) is 87.0 cm³/mol. The summed E-state index contributed by atoms with van der Waals surface area (Å²) in [5.41, 5.74) is 1.14. The highest BCUT2D eigenvalue weighted by atomic mass is 16.1. The highest BCUT2D eigenvalue weighted by molar-refractivity contribution is 5.44. The molecular formula is C16H22N4O. The van der Waals surface area contributed by atoms with Crippen molar-refractivity contribution >= 4 is 11.5 Å². The zero-order valence-electron chi connectivity index (χ0n) is 12.6. The van der Waals surface area contributed by atoms with E-state index in [0.29, 0.717) is 12.4 Å². The van der Waals surface area contributed by atoms with E-state index in [4.69, 9.17) is 0 Å². The van der Waals surface area contributed by atoms with Crippen LogP contribution >= 0.6 is 0 Å². The molecule has 0 amide bonds. The fraction of sp³-hybridized carbons (Fsp3) is 0.375. The summed E-state index contributed by atoms with van der Waals surface area (Å²) in [6.45, 7) is 4.26. The zero-order chi connectivity index (χ0) is 15.1. The Balaban J connectivity index is 1.81. The number of hydrogen-bond acceptors (Lipinski definition) is 4. The third-order valence-electron chi connectivity index (χ3n) is 3.41. The van der Waals surface area contributed by atoms with E-state index in [-0.39, 0.29) is 5.56 Å². The van der Waals surface area contributed by atoms with E-state index in [1.807, 2.05) is 25.1 Å². The molecule has 0 aliphatic carbocycles. The molecule has 0 saturated heterocycles. The smallest absolute Gasteiger partial charge is 0.293 e. The molecule has 0 atom stereocenters. The highest BCUT2D eigenvalue weighted by Crippen LogP contribution is 2.10. The second kappa shape index (κ2) is 7.47. The first-order chi connectivity index (χ1) is 10.2. The average molecular weight is 286 g/mol. The van der Waals surface area contributed by atoms with E-state index < -0.39 is 0 Å². The van der Waals surface area contributed by atoms with Crippen LogP contribution in [0.3, 0.4) is 0 Å². The van der Waals surface area contributed by atoms with Crippen LogP contribution in [0.2, 0.25) is 0 Å². The minimum atomic E-state index is -0.0589. The SMILES string of the molecule is CCn1ccnc(NCCCN(C)c2ccccc2)c1=O. The van der Waals surface area contributed by atoms with Crippen LogP contribution in [-0.2, 0) is 6.54 Å². The maximum absolute atomic E-state index is 12.0. The normalized spacial score (nSPS) is 10.4. The molecule has 0 unspecified atom stereocenters. The van der Waals surface area contributed by atoms with Crippen molar-refractivity contribution in [1.82, 2.24) is 9.55 Å². The first kappa shape index (κ1) is 15.1. The number of hydrogen-bond donors (Lipinski definition) is 1. The molecule has 2 aromatic rings. The fourth-order valence-electron chi connectivity index (χ4n) is 2.15. The van der Waals surface area contributed by atoms with Gasteiger partial charge in [-0.2, -0.15) is 0 Å². The summed E-state index contributed by atoms with van der Waals surface area (Å²) in [6.07, 6.45) is 4.30. The molecule has 112 valence electrons. The largest absolute Gasteiger partial charge is 0.375 e. The first-order valence-corrected chi connectivity index (χ1v) is 7.28. The van der Waals surface area contributed by atoms with Gasteiger partial charge in [0.25, 0.3) is 5.56 Å². The van der Waals surface area contributed by atoms with Gasteiger partial charge in [-0.3, -0.25) is 4.79 Å². The second-order valence-corrected chi connectivity index (χ2v) is 4.90. The van der Waals surface area contributed by atoms with Crippen molar-refractivity contribution in [2.75, 3.05) is 30.4 Å². The highest BCUT2D eigenvalue weighted by Gasteiger charge is 2.03. The fourth-order valence-corrected chi connectivity index (χ4v) is 2.15. The molecule has 1 heterocycles. The van der Waals surface area contributed by atoms with Crippen LogP contribution in [0.15, 0.2) is 47.5 Å². The van der Waals surface area contributed by atoms with Crippen LogP contribution in [0, 0.1) is 0 Å². The summed E-state index contributed by atoms with van der Waals surface area (Å²) in [5, 5.41) is 3.12. The first-order valence-electron chi connectivity index (χ1n) is 7.28. The van der Waals surface area contributed by atoms with Gasteiger partial charge in [-0.1, -0.05) is 18.2 Å². The van der Waals surface area contributed by atoms with Crippen molar-refractivity contribution in [3.8, 4) is 0 Å². The van der Waals surface area contributed by atoms with Gasteiger partial charge < -0.3 is 14.8 Å². The quantitative estimate of drug-likeness (QED) is 0.793. The van der Waals surface area contributed by atoms with E-state index >= 15 is 0 Å². The molecule has 5 nitrogen and oxygen atoms in total. The number of aryl methyl sites for hydroxylation is 1. The van der Waals surface area contributed by atoms with Crippen LogP contribution in [0.1, 0.15) is 13.3 Å². The summed E-state index contributed by atoms with van der Waals surface area (Å²) < 4.78 is 1.64. The molecule has 1 aromatic carbocycles. The lowest BCUT2D eigenvalue weighted by atomic mass is 10.3. The Hall–Kier alpha value is -2.30. The minimum absolute atomic E-state index is 0.0589. The van der Waals surface area contributed by atoms with Gasteiger partial charge in [0.05, 0.1) is 0 Å². The second-order valence-electron chi connectivity index (χ2n) is 4.90. The van der Waals surface area contributed by atoms with Crippen molar-refractivity contribution in [3.63, 3.8) is 0 Å². The monoisotopic (exact) mass is 286 g/mol. The summed E-state index contributed by atoms with van der Waals surface area (Å²) in [6, 6.07) is 10.3. The van der Waals surface area contributed by atoms with Gasteiger partial charge in [-0.25, -0.2) is 4.98 Å². The lowest BCUT2D eigenvalue weighted by Gasteiger charge is -2.19. The minimum Gasteiger partial charge on any atom is -0.375 e. The number of anilines is 2. The standard InChI is InChI=1S/C16H22N4O/c1-3-20-13-11-18-15(16(20)21)17-10-7-12-19(2)14-8-5-4-6-9-14/h4-6,8-9,11,13H,3,7,10,12H2,1-2H3,(H,17,18). The Morgan fingerprint density at radius 3 is 2.76 bits per heavy atom. The number of nitrogens with one attached hydrogen (secondary N) is 1. The summed E-state index contributed by atoms with van der Waals surface area (Å²) >= 11 is 0. The maximum atomic E-state index is 12.0. The maximum Gasteiger partial charge on any atom is 0.293 e. The van der Waals surface area contributed by atoms with Crippen LogP contribution in [0.5, 0.6) is 0 Å². The molecule has 0 bridgehead atoms. The third kappa shape index (κ3) is 4.08. The molecule has 1 N–H and O–H groups in total. The van der Waals surface area contributed by atoms with Gasteiger partial charge >= 0.3 is 0 Å². The zero-order valence-corrected chi connectivity index (χ0v) is 12.6. The molecule has 5 heteroatoms. The number of rotatable bonds is 7. The van der Waals surface area contributed by atoms with Crippen molar-refractivity contribution in [2.45, 2.75) is 19.9 Å². The van der Waals surface area contributed by atoms with Crippen LogP contribution < -0.4 is 15.8 Å². The molecule has 0 aliphatic heterocycles. The van der Waals surface area contributed by atoms with Crippen molar-refractivity contribution in [2.24, 2.45) is 0 Å². The third-order valence-corrected chi connectivity index (χ3v) is 3.41. The van der Waals surface area contributed by atoms with E-state index in [1.165, 1.54) is 5.69 Å². The molecule has 0 spiro atoms. The van der Waals surface area contributed by atoms with Crippen LogP contribution in [-0.4, -0.2) is 29.7 Å². The number of benzene rings is 1. The Morgan fingerprint density at radius 2 is 2.05 bits per heavy atom. The van der Waals surface area contributed by atoms with E-state index in [2.05, 4.69) is 34.4 Å². The van der Waals surface area contributed by atoms with Gasteiger partial charge in [0.1, 0.15) is 0 Å². The van der Waals surface area contributed by atoms with E-state index in [1.54, 1.807) is 17.0 Å². The molecule has 0 radical (unpaired) electrons. The number of aromatic nitrogens is 2. The Labute approximate surface area is 125 Å². The lowest BCUT2D eigenvalue weighted by molar-refractivity contribution is 0.716. The molecule has 21 heavy (non-hydrogen) atoms. The predicted octanol–water partition coefficient (Wildman–Crippen LogP) is 2.20. The summed E-state index contributed by atoms with van der Waals surface area (Å²) in [5.74, 6) is 0.432. The molecule has 0 aliphatic rings. The number of para-hydroxylation sites is 1. The summed E-state index contributed by atoms with van der Waals surface area (Å²) in [7, 11) is 2.07. The summed E-state index contributed by atoms with van der Waals surface area (Å²) in [4.78, 5) is 18.3. The average Bonchev–Trinajstić information content (AvgIpc) is 2.53.